The van der Waals surface area contributed by atoms with Gasteiger partial charge in [0.15, 0.2) is 5.82 Å². The molecule has 0 unspecified atom stereocenters. The number of piperidine rings is 1. The maximum absolute atomic E-state index is 13.9. The Morgan fingerprint density at radius 1 is 1.10 bits per heavy atom. The number of halogens is 2. The zero-order valence-corrected chi connectivity index (χ0v) is 16.6. The average molecular weight is 415 g/mol. The number of rotatable bonds is 4. The predicted octanol–water partition coefficient (Wildman–Crippen LogP) is 3.29. The number of likely N-dealkylation sites (tertiary alicyclic amines) is 1. The van der Waals surface area contributed by atoms with Crippen LogP contribution in [0.25, 0.3) is 11.3 Å². The summed E-state index contributed by atoms with van der Waals surface area (Å²) in [7, 11) is 1.71. The lowest BCUT2D eigenvalue weighted by molar-refractivity contribution is -0.133. The minimum absolute atomic E-state index is 0.00463. The topological polar surface area (TPSA) is 78.4 Å². The highest BCUT2D eigenvalue weighted by molar-refractivity contribution is 5.88. The maximum Gasteiger partial charge on any atom is 0.323 e. The Balaban J connectivity index is 1.33. The van der Waals surface area contributed by atoms with Gasteiger partial charge in [0.25, 0.3) is 0 Å². The van der Waals surface area contributed by atoms with E-state index in [9.17, 15) is 18.4 Å². The molecule has 0 atom stereocenters. The second-order valence-corrected chi connectivity index (χ2v) is 7.78. The molecule has 158 valence electrons. The number of nitrogens with zero attached hydrogens (tertiary/aromatic N) is 4. The van der Waals surface area contributed by atoms with E-state index in [0.29, 0.717) is 13.1 Å². The highest BCUT2D eigenvalue weighted by atomic mass is 19.1. The largest absolute Gasteiger partial charge is 0.342 e. The third kappa shape index (κ3) is 4.39. The van der Waals surface area contributed by atoms with Crippen LogP contribution in [0.15, 0.2) is 30.6 Å². The first-order valence-corrected chi connectivity index (χ1v) is 10.0. The second-order valence-electron chi connectivity index (χ2n) is 7.78. The van der Waals surface area contributed by atoms with Gasteiger partial charge in [0.1, 0.15) is 11.6 Å². The fourth-order valence-corrected chi connectivity index (χ4v) is 3.65. The maximum atomic E-state index is 13.9. The Bertz CT molecular complexity index is 941. The molecule has 2 aliphatic rings. The molecule has 1 saturated carbocycles. The summed E-state index contributed by atoms with van der Waals surface area (Å²) in [5, 5.41) is 2.67. The lowest BCUT2D eigenvalue weighted by atomic mass is 10.0. The van der Waals surface area contributed by atoms with Crippen LogP contribution in [0.5, 0.6) is 0 Å². The van der Waals surface area contributed by atoms with Crippen molar-refractivity contribution < 1.29 is 18.4 Å². The molecule has 3 amide bonds. The number of aromatic nitrogens is 2. The Morgan fingerprint density at radius 3 is 2.47 bits per heavy atom. The highest BCUT2D eigenvalue weighted by Gasteiger charge is 2.35. The van der Waals surface area contributed by atoms with Gasteiger partial charge in [-0.3, -0.25) is 15.1 Å². The number of urea groups is 1. The summed E-state index contributed by atoms with van der Waals surface area (Å²) in [6, 6.07) is 2.80. The van der Waals surface area contributed by atoms with Gasteiger partial charge in [-0.15, -0.1) is 0 Å². The van der Waals surface area contributed by atoms with Crippen molar-refractivity contribution in [3.05, 3.63) is 42.2 Å². The van der Waals surface area contributed by atoms with Crippen molar-refractivity contribution in [1.82, 2.24) is 19.8 Å². The summed E-state index contributed by atoms with van der Waals surface area (Å²) in [4.78, 5) is 36.4. The minimum Gasteiger partial charge on any atom is -0.342 e. The van der Waals surface area contributed by atoms with Gasteiger partial charge in [0.2, 0.25) is 5.91 Å². The molecule has 4 rings (SSSR count). The van der Waals surface area contributed by atoms with Crippen molar-refractivity contribution >= 4 is 17.8 Å². The van der Waals surface area contributed by atoms with Gasteiger partial charge in [0.05, 0.1) is 18.1 Å². The molecule has 30 heavy (non-hydrogen) atoms. The fraction of sp³-hybridized carbons (Fsp3) is 0.429. The van der Waals surface area contributed by atoms with Crippen molar-refractivity contribution in [3.8, 4) is 11.3 Å². The summed E-state index contributed by atoms with van der Waals surface area (Å²) in [5.74, 6) is -0.504. The summed E-state index contributed by atoms with van der Waals surface area (Å²) >= 11 is 0. The molecule has 1 aliphatic heterocycles. The molecule has 0 bridgehead atoms. The number of carbonyl (C=O) groups is 2. The van der Waals surface area contributed by atoms with Crippen molar-refractivity contribution in [2.45, 2.75) is 31.7 Å². The molecule has 1 aromatic heterocycles. The van der Waals surface area contributed by atoms with E-state index in [1.165, 1.54) is 12.4 Å². The Labute approximate surface area is 173 Å². The predicted molar refractivity (Wildman–Crippen MR) is 106 cm³/mol. The van der Waals surface area contributed by atoms with Crippen molar-refractivity contribution in [3.63, 3.8) is 0 Å². The first-order chi connectivity index (χ1) is 14.4. The molecular weight excluding hydrogens is 392 g/mol. The Hall–Kier alpha value is -3.10. The fourth-order valence-electron chi connectivity index (χ4n) is 3.65. The molecule has 0 spiro atoms. The van der Waals surface area contributed by atoms with Gasteiger partial charge in [-0.25, -0.2) is 18.6 Å². The van der Waals surface area contributed by atoms with E-state index in [-0.39, 0.29) is 41.0 Å². The van der Waals surface area contributed by atoms with Crippen LogP contribution < -0.4 is 5.32 Å². The number of amides is 3. The van der Waals surface area contributed by atoms with Crippen molar-refractivity contribution in [1.29, 1.82) is 0 Å². The van der Waals surface area contributed by atoms with Crippen molar-refractivity contribution in [2.24, 2.45) is 5.92 Å². The van der Waals surface area contributed by atoms with Crippen LogP contribution in [-0.4, -0.2) is 57.9 Å². The molecule has 7 nitrogen and oxygen atoms in total. The molecular formula is C21H23F2N5O2. The van der Waals surface area contributed by atoms with E-state index in [1.54, 1.807) is 11.9 Å². The van der Waals surface area contributed by atoms with E-state index >= 15 is 0 Å². The third-order valence-electron chi connectivity index (χ3n) is 5.66. The molecule has 1 N–H and O–H groups in total. The zero-order valence-electron chi connectivity index (χ0n) is 16.6. The van der Waals surface area contributed by atoms with Crippen LogP contribution >= 0.6 is 0 Å². The van der Waals surface area contributed by atoms with E-state index < -0.39 is 11.6 Å². The third-order valence-corrected chi connectivity index (χ3v) is 5.66. The summed E-state index contributed by atoms with van der Waals surface area (Å²) < 4.78 is 27.2. The number of hydrogen-bond acceptors (Lipinski definition) is 4. The number of anilines is 1. The van der Waals surface area contributed by atoms with E-state index in [0.717, 1.165) is 43.9 Å². The zero-order chi connectivity index (χ0) is 21.3. The Kier molecular flexibility index (Phi) is 5.61. The quantitative estimate of drug-likeness (QED) is 0.831. The SMILES string of the molecule is CN(C(=O)Nc1cnc(-c2cc(F)ccc2F)cn1)C1CCN(C(=O)C2CC2)CC1. The first kappa shape index (κ1) is 20.2. The summed E-state index contributed by atoms with van der Waals surface area (Å²) in [6.45, 7) is 1.32. The van der Waals surface area contributed by atoms with Gasteiger partial charge in [0, 0.05) is 37.7 Å². The van der Waals surface area contributed by atoms with Crippen LogP contribution in [-0.2, 0) is 4.79 Å². The van der Waals surface area contributed by atoms with E-state index in [1.807, 2.05) is 4.90 Å². The number of hydrogen-bond donors (Lipinski definition) is 1. The average Bonchev–Trinajstić information content (AvgIpc) is 3.60. The molecule has 2 fully saturated rings. The lowest BCUT2D eigenvalue weighted by Crippen LogP contribution is -2.48. The molecule has 1 aromatic carbocycles. The van der Waals surface area contributed by atoms with E-state index in [2.05, 4.69) is 15.3 Å². The van der Waals surface area contributed by atoms with Crippen LogP contribution in [0.4, 0.5) is 19.4 Å². The van der Waals surface area contributed by atoms with Crippen LogP contribution in [0.2, 0.25) is 0 Å². The highest BCUT2D eigenvalue weighted by Crippen LogP contribution is 2.32. The molecule has 1 saturated heterocycles. The Morgan fingerprint density at radius 2 is 1.83 bits per heavy atom. The number of carbonyl (C=O) groups excluding carboxylic acids is 2. The summed E-state index contributed by atoms with van der Waals surface area (Å²) in [5.41, 5.74) is 0.177. The lowest BCUT2D eigenvalue weighted by Gasteiger charge is -2.36. The van der Waals surface area contributed by atoms with E-state index in [4.69, 9.17) is 0 Å². The van der Waals surface area contributed by atoms with Crippen LogP contribution in [0, 0.1) is 17.6 Å². The van der Waals surface area contributed by atoms with Crippen LogP contribution in [0.1, 0.15) is 25.7 Å². The molecule has 9 heteroatoms. The standard InChI is InChI=1S/C21H23F2N5O2/c1-27(15-6-8-28(9-7-15)20(29)13-2-3-13)21(30)26-19-12-24-18(11-25-19)16-10-14(22)4-5-17(16)23/h4-5,10-13,15H,2-3,6-9H2,1H3,(H,25,26,30). The van der Waals surface area contributed by atoms with Gasteiger partial charge < -0.3 is 9.80 Å². The van der Waals surface area contributed by atoms with Gasteiger partial charge in [-0.2, -0.15) is 0 Å². The number of nitrogens with one attached hydrogen (secondary N) is 1. The minimum atomic E-state index is -0.603. The normalized spacial score (nSPS) is 17.0. The first-order valence-electron chi connectivity index (χ1n) is 10.0. The van der Waals surface area contributed by atoms with Crippen LogP contribution in [0.3, 0.4) is 0 Å². The molecule has 1 aliphatic carbocycles. The molecule has 2 heterocycles. The summed E-state index contributed by atoms with van der Waals surface area (Å²) in [6.07, 6.45) is 6.04. The smallest absolute Gasteiger partial charge is 0.323 e. The second kappa shape index (κ2) is 8.33. The van der Waals surface area contributed by atoms with Crippen molar-refractivity contribution in [2.75, 3.05) is 25.5 Å². The molecule has 0 radical (unpaired) electrons. The number of benzene rings is 1. The monoisotopic (exact) mass is 415 g/mol. The van der Waals surface area contributed by atoms with Gasteiger partial charge in [-0.05, 0) is 43.9 Å². The van der Waals surface area contributed by atoms with Gasteiger partial charge >= 0.3 is 6.03 Å². The molecule has 2 aromatic rings. The van der Waals surface area contributed by atoms with Gasteiger partial charge in [-0.1, -0.05) is 0 Å².